The molecule has 5 nitrogen and oxygen atoms in total. The van der Waals surface area contributed by atoms with Crippen LogP contribution in [0.3, 0.4) is 0 Å². The maximum Gasteiger partial charge on any atom is 0.227 e. The van der Waals surface area contributed by atoms with Gasteiger partial charge in [-0.1, -0.05) is 13.8 Å². The van der Waals surface area contributed by atoms with E-state index in [1.165, 1.54) is 11.1 Å². The summed E-state index contributed by atoms with van der Waals surface area (Å²) in [7, 11) is 0. The van der Waals surface area contributed by atoms with Gasteiger partial charge >= 0.3 is 0 Å². The minimum Gasteiger partial charge on any atom is -0.464 e. The summed E-state index contributed by atoms with van der Waals surface area (Å²) in [5.41, 5.74) is 9.61. The molecule has 1 aromatic carbocycles. The Labute approximate surface area is 148 Å². The standard InChI is InChI=1S/C20H26N2O3/c1-12(2)16-9-17-15(11-25-18(17)7-13(16)3)8-19(23)22-6-4-5-14(10-22)20(21)24/h7,9,11-12,14H,4-6,8,10H2,1-3H3,(H2,21,24). The molecule has 2 aromatic rings. The van der Waals surface area contributed by atoms with Gasteiger partial charge in [0, 0.05) is 24.0 Å². The zero-order chi connectivity index (χ0) is 18.1. The van der Waals surface area contributed by atoms with Gasteiger partial charge in [0.2, 0.25) is 11.8 Å². The lowest BCUT2D eigenvalue weighted by Gasteiger charge is -2.31. The maximum atomic E-state index is 12.7. The lowest BCUT2D eigenvalue weighted by Crippen LogP contribution is -2.44. The van der Waals surface area contributed by atoms with Crippen molar-refractivity contribution >= 4 is 22.8 Å². The lowest BCUT2D eigenvalue weighted by molar-refractivity contribution is -0.134. The molecule has 134 valence electrons. The van der Waals surface area contributed by atoms with Gasteiger partial charge in [0.05, 0.1) is 18.6 Å². The average molecular weight is 342 g/mol. The minimum atomic E-state index is -0.316. The van der Waals surface area contributed by atoms with E-state index in [4.69, 9.17) is 10.2 Å². The first kappa shape index (κ1) is 17.5. The molecule has 0 radical (unpaired) electrons. The summed E-state index contributed by atoms with van der Waals surface area (Å²) >= 11 is 0. The van der Waals surface area contributed by atoms with E-state index in [0.29, 0.717) is 25.4 Å². The molecule has 25 heavy (non-hydrogen) atoms. The van der Waals surface area contributed by atoms with Crippen molar-refractivity contribution in [3.8, 4) is 0 Å². The maximum absolute atomic E-state index is 12.7. The van der Waals surface area contributed by atoms with Crippen LogP contribution in [0.25, 0.3) is 11.0 Å². The van der Waals surface area contributed by atoms with E-state index >= 15 is 0 Å². The monoisotopic (exact) mass is 342 g/mol. The van der Waals surface area contributed by atoms with Crippen molar-refractivity contribution in [1.82, 2.24) is 4.90 Å². The van der Waals surface area contributed by atoms with Crippen LogP contribution in [-0.4, -0.2) is 29.8 Å². The van der Waals surface area contributed by atoms with E-state index in [9.17, 15) is 9.59 Å². The number of carbonyl (C=O) groups excluding carboxylic acids is 2. The number of furan rings is 1. The summed E-state index contributed by atoms with van der Waals surface area (Å²) in [4.78, 5) is 25.9. The fourth-order valence-corrected chi connectivity index (χ4v) is 3.71. The molecule has 1 aliphatic heterocycles. The van der Waals surface area contributed by atoms with Gasteiger partial charge in [0.25, 0.3) is 0 Å². The minimum absolute atomic E-state index is 0.0281. The molecule has 1 saturated heterocycles. The molecular weight excluding hydrogens is 316 g/mol. The number of piperidine rings is 1. The fraction of sp³-hybridized carbons (Fsp3) is 0.500. The molecule has 3 rings (SSSR count). The first-order valence-corrected chi connectivity index (χ1v) is 8.94. The van der Waals surface area contributed by atoms with Crippen LogP contribution in [0.1, 0.15) is 49.3 Å². The van der Waals surface area contributed by atoms with Gasteiger partial charge in [-0.2, -0.15) is 0 Å². The van der Waals surface area contributed by atoms with Crippen molar-refractivity contribution in [2.75, 3.05) is 13.1 Å². The van der Waals surface area contributed by atoms with Gasteiger partial charge in [-0.05, 0) is 48.9 Å². The van der Waals surface area contributed by atoms with Gasteiger partial charge in [-0.25, -0.2) is 0 Å². The number of nitrogens with two attached hydrogens (primary N) is 1. The largest absolute Gasteiger partial charge is 0.464 e. The van der Waals surface area contributed by atoms with Crippen LogP contribution in [0.2, 0.25) is 0 Å². The van der Waals surface area contributed by atoms with Gasteiger partial charge in [0.15, 0.2) is 0 Å². The number of hydrogen-bond acceptors (Lipinski definition) is 3. The second-order valence-corrected chi connectivity index (χ2v) is 7.38. The van der Waals surface area contributed by atoms with Crippen LogP contribution in [-0.2, 0) is 16.0 Å². The number of amides is 2. The van der Waals surface area contributed by atoms with Crippen molar-refractivity contribution in [3.05, 3.63) is 35.1 Å². The Morgan fingerprint density at radius 3 is 2.80 bits per heavy atom. The smallest absolute Gasteiger partial charge is 0.227 e. The predicted molar refractivity (Wildman–Crippen MR) is 97.2 cm³/mol. The first-order valence-electron chi connectivity index (χ1n) is 8.94. The molecule has 1 unspecified atom stereocenters. The molecule has 0 saturated carbocycles. The number of benzene rings is 1. The predicted octanol–water partition coefficient (Wildman–Crippen LogP) is 3.13. The number of hydrogen-bond donors (Lipinski definition) is 1. The summed E-state index contributed by atoms with van der Waals surface area (Å²) in [6.07, 6.45) is 3.56. The highest BCUT2D eigenvalue weighted by Gasteiger charge is 2.27. The molecule has 2 N–H and O–H groups in total. The van der Waals surface area contributed by atoms with E-state index in [1.54, 1.807) is 11.2 Å². The third kappa shape index (κ3) is 3.55. The molecular formula is C20H26N2O3. The highest BCUT2D eigenvalue weighted by Crippen LogP contribution is 2.29. The quantitative estimate of drug-likeness (QED) is 0.927. The number of primary amides is 1. The summed E-state index contributed by atoms with van der Waals surface area (Å²) in [6.45, 7) is 7.53. The number of carbonyl (C=O) groups is 2. The third-order valence-corrected chi connectivity index (χ3v) is 5.18. The van der Waals surface area contributed by atoms with Crippen molar-refractivity contribution < 1.29 is 14.0 Å². The number of fused-ring (bicyclic) bond motifs is 1. The Hall–Kier alpha value is -2.30. The van der Waals surface area contributed by atoms with Crippen molar-refractivity contribution in [2.24, 2.45) is 11.7 Å². The summed E-state index contributed by atoms with van der Waals surface area (Å²) in [5.74, 6) is -0.0982. The molecule has 2 heterocycles. The molecule has 1 fully saturated rings. The van der Waals surface area contributed by atoms with Crippen molar-refractivity contribution in [2.45, 2.75) is 46.0 Å². The summed E-state index contributed by atoms with van der Waals surface area (Å²) < 4.78 is 5.67. The summed E-state index contributed by atoms with van der Waals surface area (Å²) in [6, 6.07) is 4.19. The van der Waals surface area contributed by atoms with Crippen LogP contribution >= 0.6 is 0 Å². The zero-order valence-corrected chi connectivity index (χ0v) is 15.2. The van der Waals surface area contributed by atoms with Crippen LogP contribution in [0.4, 0.5) is 0 Å². The van der Waals surface area contributed by atoms with Gasteiger partial charge in [-0.3, -0.25) is 9.59 Å². The molecule has 0 spiro atoms. The molecule has 0 bridgehead atoms. The second kappa shape index (κ2) is 6.90. The van der Waals surface area contributed by atoms with Crippen LogP contribution in [0.15, 0.2) is 22.8 Å². The molecule has 2 amide bonds. The molecule has 5 heteroatoms. The first-order chi connectivity index (χ1) is 11.9. The normalized spacial score (nSPS) is 18.1. The van der Waals surface area contributed by atoms with E-state index in [0.717, 1.165) is 29.4 Å². The number of likely N-dealkylation sites (tertiary alicyclic amines) is 1. The summed E-state index contributed by atoms with van der Waals surface area (Å²) in [5, 5.41) is 1.01. The SMILES string of the molecule is Cc1cc2occ(CC(=O)N3CCCC(C(N)=O)C3)c2cc1C(C)C. The molecule has 0 aliphatic carbocycles. The van der Waals surface area contributed by atoms with E-state index < -0.39 is 0 Å². The van der Waals surface area contributed by atoms with Crippen LogP contribution < -0.4 is 5.73 Å². The van der Waals surface area contributed by atoms with Crippen molar-refractivity contribution in [3.63, 3.8) is 0 Å². The number of rotatable bonds is 4. The topological polar surface area (TPSA) is 76.5 Å². The molecule has 1 atom stereocenters. The Balaban J connectivity index is 1.81. The Bertz CT molecular complexity index is 807. The molecule has 1 aromatic heterocycles. The lowest BCUT2D eigenvalue weighted by atomic mass is 9.94. The van der Waals surface area contributed by atoms with E-state index in [2.05, 4.69) is 26.8 Å². The Morgan fingerprint density at radius 2 is 2.12 bits per heavy atom. The van der Waals surface area contributed by atoms with E-state index in [-0.39, 0.29) is 17.7 Å². The zero-order valence-electron chi connectivity index (χ0n) is 15.2. The van der Waals surface area contributed by atoms with Crippen molar-refractivity contribution in [1.29, 1.82) is 0 Å². The Morgan fingerprint density at radius 1 is 1.36 bits per heavy atom. The van der Waals surface area contributed by atoms with Gasteiger partial charge in [-0.15, -0.1) is 0 Å². The van der Waals surface area contributed by atoms with Gasteiger partial charge in [0.1, 0.15) is 5.58 Å². The van der Waals surface area contributed by atoms with Crippen LogP contribution in [0, 0.1) is 12.8 Å². The highest BCUT2D eigenvalue weighted by atomic mass is 16.3. The van der Waals surface area contributed by atoms with E-state index in [1.807, 2.05) is 6.07 Å². The average Bonchev–Trinajstić information content (AvgIpc) is 2.95. The Kier molecular flexibility index (Phi) is 4.84. The molecule has 1 aliphatic rings. The number of aryl methyl sites for hydroxylation is 1. The second-order valence-electron chi connectivity index (χ2n) is 7.38. The van der Waals surface area contributed by atoms with Gasteiger partial charge < -0.3 is 15.1 Å². The fourth-order valence-electron chi connectivity index (χ4n) is 3.71. The van der Waals surface area contributed by atoms with Crippen LogP contribution in [0.5, 0.6) is 0 Å². The third-order valence-electron chi connectivity index (χ3n) is 5.18. The number of nitrogens with zero attached hydrogens (tertiary/aromatic N) is 1. The highest BCUT2D eigenvalue weighted by molar-refractivity contribution is 5.89.